The average molecular weight is 627 g/mol. The summed E-state index contributed by atoms with van der Waals surface area (Å²) in [7, 11) is 0. The Morgan fingerprint density at radius 1 is 0.449 bits per heavy atom. The summed E-state index contributed by atoms with van der Waals surface area (Å²) in [5.41, 5.74) is 14.2. The van der Waals surface area contributed by atoms with Crippen molar-refractivity contribution in [3.8, 4) is 56.0 Å². The van der Waals surface area contributed by atoms with Crippen LogP contribution >= 0.6 is 0 Å². The molecule has 0 unspecified atom stereocenters. The van der Waals surface area contributed by atoms with Gasteiger partial charge in [-0.25, -0.2) is 0 Å². The standard InChI is InChI=1S/C47H30O2/c1-47(2)39-25-28(30-22-23-42-44-35(30)14-9-15-36(44)33-13-6-8-17-41(33)48-42)19-21-37(39)45-38(24-27-10-3-4-11-31(27)46(45)47)29-18-20-34-32-12-5-7-16-40(32)49-43(34)26-29/h3-26H,1-2H3. The Balaban J connectivity index is 1.14. The van der Waals surface area contributed by atoms with Gasteiger partial charge in [-0.2, -0.15) is 0 Å². The first-order valence-electron chi connectivity index (χ1n) is 17.0. The van der Waals surface area contributed by atoms with Crippen LogP contribution in [0.1, 0.15) is 25.0 Å². The van der Waals surface area contributed by atoms with Crippen molar-refractivity contribution in [3.05, 3.63) is 157 Å². The monoisotopic (exact) mass is 626 g/mol. The molecule has 0 amide bonds. The lowest BCUT2D eigenvalue weighted by molar-refractivity contribution is 0.487. The summed E-state index contributed by atoms with van der Waals surface area (Å²) in [6.07, 6.45) is 0. The van der Waals surface area contributed by atoms with Crippen LogP contribution in [0.5, 0.6) is 11.5 Å². The third-order valence-electron chi connectivity index (χ3n) is 11.0. The Bertz CT molecular complexity index is 2880. The Morgan fingerprint density at radius 3 is 2.10 bits per heavy atom. The lowest BCUT2D eigenvalue weighted by Gasteiger charge is -2.25. The van der Waals surface area contributed by atoms with Gasteiger partial charge in [-0.05, 0) is 109 Å². The van der Waals surface area contributed by atoms with Gasteiger partial charge < -0.3 is 9.15 Å². The molecule has 2 heterocycles. The van der Waals surface area contributed by atoms with Crippen LogP contribution in [0.15, 0.2) is 150 Å². The molecule has 2 heteroatoms. The molecule has 0 saturated heterocycles. The van der Waals surface area contributed by atoms with E-state index in [2.05, 4.69) is 147 Å². The van der Waals surface area contributed by atoms with Gasteiger partial charge in [0.05, 0.1) is 0 Å². The van der Waals surface area contributed by atoms with Gasteiger partial charge in [0.1, 0.15) is 22.7 Å². The zero-order chi connectivity index (χ0) is 32.4. The first-order valence-corrected chi connectivity index (χ1v) is 17.0. The van der Waals surface area contributed by atoms with Gasteiger partial charge >= 0.3 is 0 Å². The van der Waals surface area contributed by atoms with Crippen molar-refractivity contribution in [1.82, 2.24) is 0 Å². The van der Waals surface area contributed by atoms with E-state index in [4.69, 9.17) is 9.15 Å². The summed E-state index contributed by atoms with van der Waals surface area (Å²) >= 11 is 0. The molecular formula is C47H30O2. The van der Waals surface area contributed by atoms with E-state index in [0.717, 1.165) is 39.0 Å². The molecular weight excluding hydrogens is 597 g/mol. The van der Waals surface area contributed by atoms with Crippen LogP contribution in [0.25, 0.3) is 88.0 Å². The SMILES string of the molecule is CC1(C)c2cc(-c3ccc4c5c(cccc35)-c3ccccc3O4)ccc2-c2c(-c3ccc4c(c3)oc3ccccc34)cc3ccccc3c21. The molecule has 230 valence electrons. The van der Waals surface area contributed by atoms with E-state index >= 15 is 0 Å². The van der Waals surface area contributed by atoms with Crippen molar-refractivity contribution in [2.24, 2.45) is 0 Å². The summed E-state index contributed by atoms with van der Waals surface area (Å²) in [5, 5.41) is 7.26. The third-order valence-corrected chi connectivity index (χ3v) is 11.0. The molecule has 49 heavy (non-hydrogen) atoms. The molecule has 8 aromatic carbocycles. The van der Waals surface area contributed by atoms with E-state index in [-0.39, 0.29) is 5.41 Å². The first kappa shape index (κ1) is 26.9. The van der Waals surface area contributed by atoms with E-state index in [9.17, 15) is 0 Å². The molecule has 0 atom stereocenters. The number of para-hydroxylation sites is 2. The van der Waals surface area contributed by atoms with Crippen molar-refractivity contribution < 1.29 is 9.15 Å². The number of benzene rings is 8. The highest BCUT2D eigenvalue weighted by atomic mass is 16.5. The molecule has 1 aliphatic heterocycles. The summed E-state index contributed by atoms with van der Waals surface area (Å²) in [4.78, 5) is 0. The summed E-state index contributed by atoms with van der Waals surface area (Å²) in [5.74, 6) is 1.83. The Labute approximate surface area is 283 Å². The second-order valence-corrected chi connectivity index (χ2v) is 14.0. The fraction of sp³-hybridized carbons (Fsp3) is 0.0638. The van der Waals surface area contributed by atoms with Crippen LogP contribution in [0.4, 0.5) is 0 Å². The Morgan fingerprint density at radius 2 is 1.16 bits per heavy atom. The molecule has 0 bridgehead atoms. The molecule has 0 spiro atoms. The zero-order valence-electron chi connectivity index (χ0n) is 27.2. The maximum Gasteiger partial charge on any atom is 0.136 e. The zero-order valence-corrected chi connectivity index (χ0v) is 27.2. The van der Waals surface area contributed by atoms with Crippen molar-refractivity contribution in [3.63, 3.8) is 0 Å². The first-order chi connectivity index (χ1) is 24.0. The molecule has 1 aromatic heterocycles. The lowest BCUT2D eigenvalue weighted by Crippen LogP contribution is -2.15. The average Bonchev–Trinajstić information content (AvgIpc) is 3.63. The van der Waals surface area contributed by atoms with Crippen LogP contribution < -0.4 is 4.74 Å². The van der Waals surface area contributed by atoms with E-state index in [1.807, 2.05) is 12.1 Å². The number of hydrogen-bond acceptors (Lipinski definition) is 2. The van der Waals surface area contributed by atoms with Crippen molar-refractivity contribution >= 4 is 43.5 Å². The minimum Gasteiger partial charge on any atom is -0.456 e. The minimum absolute atomic E-state index is 0.214. The second kappa shape index (κ2) is 9.49. The minimum atomic E-state index is -0.214. The normalized spacial score (nSPS) is 13.8. The predicted octanol–water partition coefficient (Wildman–Crippen LogP) is 13.3. The van der Waals surface area contributed by atoms with E-state index in [0.29, 0.717) is 0 Å². The number of rotatable bonds is 2. The smallest absolute Gasteiger partial charge is 0.136 e. The largest absolute Gasteiger partial charge is 0.456 e. The molecule has 0 radical (unpaired) electrons. The fourth-order valence-corrected chi connectivity index (χ4v) is 8.81. The summed E-state index contributed by atoms with van der Waals surface area (Å²) in [6, 6.07) is 52.7. The summed E-state index contributed by atoms with van der Waals surface area (Å²) < 4.78 is 12.8. The third kappa shape index (κ3) is 3.61. The lowest BCUT2D eigenvalue weighted by atomic mass is 9.78. The number of furan rings is 1. The molecule has 9 aromatic rings. The highest BCUT2D eigenvalue weighted by Crippen LogP contribution is 2.56. The van der Waals surface area contributed by atoms with Gasteiger partial charge in [0, 0.05) is 27.1 Å². The topological polar surface area (TPSA) is 22.4 Å². The Kier molecular flexibility index (Phi) is 5.21. The molecule has 2 aliphatic rings. The molecule has 11 rings (SSSR count). The number of fused-ring (bicyclic) bond motifs is 10. The van der Waals surface area contributed by atoms with Crippen LogP contribution in [-0.2, 0) is 5.41 Å². The predicted molar refractivity (Wildman–Crippen MR) is 203 cm³/mol. The molecule has 2 nitrogen and oxygen atoms in total. The highest BCUT2D eigenvalue weighted by Gasteiger charge is 2.39. The molecule has 0 saturated carbocycles. The molecule has 0 N–H and O–H groups in total. The van der Waals surface area contributed by atoms with E-state index in [1.165, 1.54) is 71.6 Å². The highest BCUT2D eigenvalue weighted by molar-refractivity contribution is 6.11. The van der Waals surface area contributed by atoms with Gasteiger partial charge in [-0.3, -0.25) is 0 Å². The van der Waals surface area contributed by atoms with Crippen molar-refractivity contribution in [2.75, 3.05) is 0 Å². The van der Waals surface area contributed by atoms with Crippen LogP contribution in [0.2, 0.25) is 0 Å². The quantitative estimate of drug-likeness (QED) is 0.190. The number of hydrogen-bond donors (Lipinski definition) is 0. The van der Waals surface area contributed by atoms with Gasteiger partial charge in [0.25, 0.3) is 0 Å². The Hall–Kier alpha value is -6.12. The maximum absolute atomic E-state index is 6.42. The van der Waals surface area contributed by atoms with E-state index in [1.54, 1.807) is 0 Å². The second-order valence-electron chi connectivity index (χ2n) is 14.0. The van der Waals surface area contributed by atoms with Gasteiger partial charge in [-0.15, -0.1) is 0 Å². The maximum atomic E-state index is 6.42. The van der Waals surface area contributed by atoms with Crippen LogP contribution in [0.3, 0.4) is 0 Å². The van der Waals surface area contributed by atoms with Crippen molar-refractivity contribution in [2.45, 2.75) is 19.3 Å². The van der Waals surface area contributed by atoms with E-state index < -0.39 is 0 Å². The van der Waals surface area contributed by atoms with Crippen LogP contribution in [-0.4, -0.2) is 0 Å². The van der Waals surface area contributed by atoms with Gasteiger partial charge in [-0.1, -0.05) is 117 Å². The molecule has 1 aliphatic carbocycles. The molecule has 0 fully saturated rings. The number of ether oxygens (including phenoxy) is 1. The van der Waals surface area contributed by atoms with Crippen molar-refractivity contribution in [1.29, 1.82) is 0 Å². The fourth-order valence-electron chi connectivity index (χ4n) is 8.81. The van der Waals surface area contributed by atoms with Crippen LogP contribution in [0, 0.1) is 0 Å². The van der Waals surface area contributed by atoms with Gasteiger partial charge in [0.2, 0.25) is 0 Å². The van der Waals surface area contributed by atoms with Gasteiger partial charge in [0.15, 0.2) is 0 Å². The summed E-state index contributed by atoms with van der Waals surface area (Å²) in [6.45, 7) is 4.78.